The van der Waals surface area contributed by atoms with Crippen molar-refractivity contribution in [3.8, 4) is 5.75 Å². The number of likely N-dealkylation sites (tertiary alicyclic amines) is 1. The molecule has 2 aliphatic rings. The van der Waals surface area contributed by atoms with Gasteiger partial charge in [0, 0.05) is 38.5 Å². The molecular formula is C17H28N2O3S. The van der Waals surface area contributed by atoms with Crippen LogP contribution in [0, 0.1) is 0 Å². The van der Waals surface area contributed by atoms with Crippen LogP contribution in [0.5, 0.6) is 5.75 Å². The number of nitrogens with zero attached hydrogens (tertiary/aromatic N) is 1. The van der Waals surface area contributed by atoms with Crippen molar-refractivity contribution < 1.29 is 13.2 Å². The highest BCUT2D eigenvalue weighted by Crippen LogP contribution is 2.23. The number of hydrogen-bond donors (Lipinski definition) is 1. The predicted molar refractivity (Wildman–Crippen MR) is 92.8 cm³/mol. The second-order valence-electron chi connectivity index (χ2n) is 5.91. The largest absolute Gasteiger partial charge is 0.490 e. The van der Waals surface area contributed by atoms with Crippen molar-refractivity contribution in [3.63, 3.8) is 0 Å². The summed E-state index contributed by atoms with van der Waals surface area (Å²) in [6.45, 7) is 8.31. The highest BCUT2D eigenvalue weighted by atomic mass is 32.2. The first-order chi connectivity index (χ1) is 11.0. The van der Waals surface area contributed by atoms with E-state index >= 15 is 0 Å². The molecule has 0 saturated carbocycles. The van der Waals surface area contributed by atoms with E-state index in [-0.39, 0.29) is 6.10 Å². The molecule has 0 aliphatic carbocycles. The molecule has 0 unspecified atom stereocenters. The third-order valence-electron chi connectivity index (χ3n) is 4.29. The Morgan fingerprint density at radius 1 is 1.17 bits per heavy atom. The number of rotatable bonds is 4. The molecule has 0 aromatic heterocycles. The zero-order chi connectivity index (χ0) is 16.9. The lowest BCUT2D eigenvalue weighted by molar-refractivity contribution is 0.0582. The van der Waals surface area contributed by atoms with Crippen LogP contribution in [0.3, 0.4) is 0 Å². The monoisotopic (exact) mass is 340 g/mol. The fourth-order valence-corrected chi connectivity index (χ4v) is 3.52. The molecule has 1 N–H and O–H groups in total. The molecule has 130 valence electrons. The molecule has 0 radical (unpaired) electrons. The minimum absolute atomic E-state index is 0.184. The standard InChI is InChI=1S/C15H22N2O3S.C2H6/c1-21(18,19)15-4-2-3-14(9-15)20-13-5-7-17(8-6-13)12-10-16-11-12;1-2/h2-4,9,12-13,16H,5-8,10-11H2,1H3;1-2H3. The highest BCUT2D eigenvalue weighted by Gasteiger charge is 2.29. The van der Waals surface area contributed by atoms with Gasteiger partial charge in [0.1, 0.15) is 11.9 Å². The van der Waals surface area contributed by atoms with E-state index in [1.165, 1.54) is 6.26 Å². The lowest BCUT2D eigenvalue weighted by Crippen LogP contribution is -2.59. The van der Waals surface area contributed by atoms with Crippen LogP contribution in [0.1, 0.15) is 26.7 Å². The van der Waals surface area contributed by atoms with Gasteiger partial charge in [0.05, 0.1) is 4.90 Å². The van der Waals surface area contributed by atoms with Crippen LogP contribution in [0.2, 0.25) is 0 Å². The van der Waals surface area contributed by atoms with E-state index < -0.39 is 9.84 Å². The smallest absolute Gasteiger partial charge is 0.175 e. The Hall–Kier alpha value is -1.11. The molecule has 2 heterocycles. The summed E-state index contributed by atoms with van der Waals surface area (Å²) in [5, 5.41) is 3.30. The van der Waals surface area contributed by atoms with Crippen LogP contribution < -0.4 is 10.1 Å². The van der Waals surface area contributed by atoms with Crippen molar-refractivity contribution in [1.29, 1.82) is 0 Å². The molecule has 0 atom stereocenters. The van der Waals surface area contributed by atoms with E-state index in [1.807, 2.05) is 19.9 Å². The first-order valence-electron chi connectivity index (χ1n) is 8.44. The molecule has 6 heteroatoms. The lowest BCUT2D eigenvalue weighted by atomic mass is 10.0. The predicted octanol–water partition coefficient (Wildman–Crippen LogP) is 1.93. The summed E-state index contributed by atoms with van der Waals surface area (Å²) < 4.78 is 29.1. The first-order valence-corrected chi connectivity index (χ1v) is 10.3. The van der Waals surface area contributed by atoms with Crippen molar-refractivity contribution in [1.82, 2.24) is 10.2 Å². The third-order valence-corrected chi connectivity index (χ3v) is 5.40. The number of ether oxygens (including phenoxy) is 1. The molecule has 23 heavy (non-hydrogen) atoms. The van der Waals surface area contributed by atoms with Crippen LogP contribution >= 0.6 is 0 Å². The van der Waals surface area contributed by atoms with Crippen molar-refractivity contribution in [2.24, 2.45) is 0 Å². The molecule has 1 aromatic carbocycles. The van der Waals surface area contributed by atoms with E-state index in [0.29, 0.717) is 16.7 Å². The maximum absolute atomic E-state index is 11.6. The van der Waals surface area contributed by atoms with Gasteiger partial charge in [-0.25, -0.2) is 8.42 Å². The molecule has 0 bridgehead atoms. The Bertz CT molecular complexity index is 592. The normalized spacial score (nSPS) is 20.3. The second kappa shape index (κ2) is 8.13. The summed E-state index contributed by atoms with van der Waals surface area (Å²) in [7, 11) is -3.18. The van der Waals surface area contributed by atoms with E-state index in [1.54, 1.807) is 18.2 Å². The van der Waals surface area contributed by atoms with Gasteiger partial charge in [-0.1, -0.05) is 19.9 Å². The third kappa shape index (κ3) is 4.93. The van der Waals surface area contributed by atoms with Crippen LogP contribution in [0.4, 0.5) is 0 Å². The highest BCUT2D eigenvalue weighted by molar-refractivity contribution is 7.90. The number of sulfone groups is 1. The van der Waals surface area contributed by atoms with Crippen molar-refractivity contribution >= 4 is 9.84 Å². The van der Waals surface area contributed by atoms with Gasteiger partial charge in [-0.2, -0.15) is 0 Å². The Morgan fingerprint density at radius 3 is 2.35 bits per heavy atom. The van der Waals surface area contributed by atoms with Gasteiger partial charge in [-0.3, -0.25) is 4.90 Å². The van der Waals surface area contributed by atoms with Gasteiger partial charge in [-0.05, 0) is 31.0 Å². The van der Waals surface area contributed by atoms with Gasteiger partial charge in [0.2, 0.25) is 0 Å². The molecule has 2 fully saturated rings. The summed E-state index contributed by atoms with van der Waals surface area (Å²) in [5.41, 5.74) is 0. The van der Waals surface area contributed by atoms with Crippen molar-refractivity contribution in [2.45, 2.75) is 43.7 Å². The molecular weight excluding hydrogens is 312 g/mol. The summed E-state index contributed by atoms with van der Waals surface area (Å²) >= 11 is 0. The molecule has 0 spiro atoms. The van der Waals surface area contributed by atoms with Crippen LogP contribution in [0.15, 0.2) is 29.2 Å². The number of hydrogen-bond acceptors (Lipinski definition) is 5. The van der Waals surface area contributed by atoms with Gasteiger partial charge in [0.15, 0.2) is 9.84 Å². The second-order valence-corrected chi connectivity index (χ2v) is 7.93. The van der Waals surface area contributed by atoms with E-state index in [9.17, 15) is 8.42 Å². The number of piperidine rings is 1. The van der Waals surface area contributed by atoms with Crippen molar-refractivity contribution in [3.05, 3.63) is 24.3 Å². The molecule has 1 aromatic rings. The fourth-order valence-electron chi connectivity index (χ4n) is 2.86. The Morgan fingerprint density at radius 2 is 1.83 bits per heavy atom. The van der Waals surface area contributed by atoms with E-state index in [4.69, 9.17) is 4.74 Å². The molecule has 5 nitrogen and oxygen atoms in total. The number of nitrogens with one attached hydrogen (secondary N) is 1. The van der Waals surface area contributed by atoms with Gasteiger partial charge in [-0.15, -0.1) is 0 Å². The minimum atomic E-state index is -3.18. The summed E-state index contributed by atoms with van der Waals surface area (Å²) in [6, 6.07) is 7.49. The molecule has 2 aliphatic heterocycles. The summed E-state index contributed by atoms with van der Waals surface area (Å²) in [4.78, 5) is 2.83. The topological polar surface area (TPSA) is 58.6 Å². The Kier molecular flexibility index (Phi) is 6.44. The van der Waals surface area contributed by atoms with E-state index in [2.05, 4.69) is 10.2 Å². The summed E-state index contributed by atoms with van der Waals surface area (Å²) in [6.07, 6.45) is 3.40. The van der Waals surface area contributed by atoms with Gasteiger partial charge >= 0.3 is 0 Å². The minimum Gasteiger partial charge on any atom is -0.490 e. The van der Waals surface area contributed by atoms with Crippen LogP contribution in [-0.2, 0) is 9.84 Å². The quantitative estimate of drug-likeness (QED) is 0.908. The SMILES string of the molecule is CC.CS(=O)(=O)c1cccc(OC2CCN(C3CNC3)CC2)c1. The maximum atomic E-state index is 11.6. The van der Waals surface area contributed by atoms with Crippen molar-refractivity contribution in [2.75, 3.05) is 32.4 Å². The maximum Gasteiger partial charge on any atom is 0.175 e. The molecule has 2 saturated heterocycles. The lowest BCUT2D eigenvalue weighted by Gasteiger charge is -2.42. The first kappa shape index (κ1) is 18.2. The summed E-state index contributed by atoms with van der Waals surface area (Å²) in [5.74, 6) is 0.654. The average Bonchev–Trinajstić information content (AvgIpc) is 2.49. The Labute approximate surface area is 139 Å². The van der Waals surface area contributed by atoms with E-state index in [0.717, 1.165) is 39.0 Å². The van der Waals surface area contributed by atoms with Crippen LogP contribution in [0.25, 0.3) is 0 Å². The number of benzene rings is 1. The van der Waals surface area contributed by atoms with Crippen LogP contribution in [-0.4, -0.2) is 57.9 Å². The molecule has 0 amide bonds. The fraction of sp³-hybridized carbons (Fsp3) is 0.647. The zero-order valence-electron chi connectivity index (χ0n) is 14.3. The average molecular weight is 340 g/mol. The van der Waals surface area contributed by atoms with Gasteiger partial charge < -0.3 is 10.1 Å². The molecule has 3 rings (SSSR count). The zero-order valence-corrected chi connectivity index (χ0v) is 15.1. The Balaban J connectivity index is 0.000000924. The van der Waals surface area contributed by atoms with Gasteiger partial charge in [0.25, 0.3) is 0 Å².